The lowest BCUT2D eigenvalue weighted by molar-refractivity contribution is -0.135. The van der Waals surface area contributed by atoms with Gasteiger partial charge in [0.1, 0.15) is 23.5 Å². The van der Waals surface area contributed by atoms with Crippen LogP contribution < -0.4 is 14.8 Å². The van der Waals surface area contributed by atoms with Gasteiger partial charge < -0.3 is 29.5 Å². The van der Waals surface area contributed by atoms with Gasteiger partial charge in [-0.25, -0.2) is 0 Å². The first-order valence-corrected chi connectivity index (χ1v) is 15.8. The monoisotopic (exact) mass is 618 g/mol. The van der Waals surface area contributed by atoms with Crippen LogP contribution in [0.15, 0.2) is 42.5 Å². The van der Waals surface area contributed by atoms with Gasteiger partial charge in [-0.15, -0.1) is 0 Å². The molecular formula is C34H42N4O7. The summed E-state index contributed by atoms with van der Waals surface area (Å²) in [4.78, 5) is 70.1. The number of nitrogens with one attached hydrogen (secondary N) is 1. The zero-order valence-electron chi connectivity index (χ0n) is 26.3. The van der Waals surface area contributed by atoms with Gasteiger partial charge in [0.05, 0.1) is 12.5 Å². The van der Waals surface area contributed by atoms with E-state index in [1.165, 1.54) is 13.8 Å². The number of esters is 1. The molecule has 0 spiro atoms. The maximum Gasteiger partial charge on any atom is 0.308 e. The van der Waals surface area contributed by atoms with Gasteiger partial charge in [-0.1, -0.05) is 18.2 Å². The van der Waals surface area contributed by atoms with Gasteiger partial charge in [0.2, 0.25) is 23.6 Å². The number of benzene rings is 2. The van der Waals surface area contributed by atoms with Crippen molar-refractivity contribution in [3.8, 4) is 11.5 Å². The van der Waals surface area contributed by atoms with E-state index in [1.807, 2.05) is 23.1 Å². The van der Waals surface area contributed by atoms with Crippen LogP contribution in [0.1, 0.15) is 87.6 Å². The SMILES string of the molecule is CC(=O)Oc1ccc(C2Oc3ccc4cc3C2C(=O)N2CCCCN(C(C)=O)CCCN(C(C)=O)C4CC(=O)NCCC2)cc1. The zero-order valence-corrected chi connectivity index (χ0v) is 26.3. The normalized spacial score (nSPS) is 22.8. The van der Waals surface area contributed by atoms with Crippen LogP contribution >= 0.6 is 0 Å². The summed E-state index contributed by atoms with van der Waals surface area (Å²) in [5, 5.41) is 3.00. The first-order chi connectivity index (χ1) is 21.6. The highest BCUT2D eigenvalue weighted by atomic mass is 16.5. The van der Waals surface area contributed by atoms with E-state index in [0.717, 1.165) is 23.1 Å². The minimum atomic E-state index is -0.669. The minimum absolute atomic E-state index is 0.0295. The molecule has 4 amide bonds. The molecule has 11 heteroatoms. The number of rotatable bonds is 2. The number of ether oxygens (including phenoxy) is 2. The van der Waals surface area contributed by atoms with Crippen molar-refractivity contribution in [2.24, 2.45) is 0 Å². The number of amides is 4. The fraction of sp³-hybridized carbons (Fsp3) is 0.500. The topological polar surface area (TPSA) is 126 Å². The lowest BCUT2D eigenvalue weighted by Crippen LogP contribution is -2.39. The Morgan fingerprint density at radius 2 is 1.51 bits per heavy atom. The first kappa shape index (κ1) is 32.0. The van der Waals surface area contributed by atoms with Crippen molar-refractivity contribution >= 4 is 29.6 Å². The van der Waals surface area contributed by atoms with Crippen molar-refractivity contribution in [2.45, 2.75) is 70.9 Å². The fourth-order valence-electron chi connectivity index (χ4n) is 6.59. The van der Waals surface area contributed by atoms with Gasteiger partial charge in [0.25, 0.3) is 0 Å². The van der Waals surface area contributed by atoms with Crippen LogP contribution in [0, 0.1) is 0 Å². The molecule has 0 fully saturated rings. The minimum Gasteiger partial charge on any atom is -0.484 e. The van der Waals surface area contributed by atoms with Crippen LogP contribution in [0.4, 0.5) is 0 Å². The Balaban J connectivity index is 1.61. The summed E-state index contributed by atoms with van der Waals surface area (Å²) in [7, 11) is 0. The molecule has 3 aliphatic heterocycles. The van der Waals surface area contributed by atoms with Crippen LogP contribution in [0.25, 0.3) is 0 Å². The molecule has 2 aromatic rings. The molecule has 4 bridgehead atoms. The maximum atomic E-state index is 14.6. The van der Waals surface area contributed by atoms with Crippen molar-refractivity contribution in [2.75, 3.05) is 39.3 Å². The Hall–Kier alpha value is -4.41. The highest BCUT2D eigenvalue weighted by Gasteiger charge is 2.43. The van der Waals surface area contributed by atoms with Crippen molar-refractivity contribution in [1.82, 2.24) is 20.0 Å². The van der Waals surface area contributed by atoms with E-state index < -0.39 is 24.0 Å². The van der Waals surface area contributed by atoms with Gasteiger partial charge in [0, 0.05) is 65.6 Å². The second-order valence-corrected chi connectivity index (χ2v) is 12.0. The van der Waals surface area contributed by atoms with E-state index in [2.05, 4.69) is 5.32 Å². The molecular weight excluding hydrogens is 576 g/mol. The van der Waals surface area contributed by atoms with Crippen LogP contribution in [0.5, 0.6) is 11.5 Å². The molecule has 0 saturated carbocycles. The second kappa shape index (κ2) is 14.1. The number of nitrogens with zero attached hydrogens (tertiary/aromatic N) is 3. The van der Waals surface area contributed by atoms with E-state index in [-0.39, 0.29) is 30.0 Å². The third kappa shape index (κ3) is 7.46. The maximum absolute atomic E-state index is 14.6. The van der Waals surface area contributed by atoms with E-state index in [1.54, 1.807) is 41.0 Å². The van der Waals surface area contributed by atoms with Gasteiger partial charge in [-0.2, -0.15) is 0 Å². The summed E-state index contributed by atoms with van der Waals surface area (Å²) < 4.78 is 11.7. The largest absolute Gasteiger partial charge is 0.484 e. The quantitative estimate of drug-likeness (QED) is 0.404. The molecule has 5 rings (SSSR count). The zero-order chi connectivity index (χ0) is 32.1. The fourth-order valence-corrected chi connectivity index (χ4v) is 6.59. The third-order valence-electron chi connectivity index (χ3n) is 8.82. The van der Waals surface area contributed by atoms with Gasteiger partial charge >= 0.3 is 5.97 Å². The Morgan fingerprint density at radius 3 is 2.22 bits per heavy atom. The van der Waals surface area contributed by atoms with Crippen LogP contribution in [-0.4, -0.2) is 83.6 Å². The molecule has 2 aromatic carbocycles. The van der Waals surface area contributed by atoms with Crippen molar-refractivity contribution in [3.05, 3.63) is 59.2 Å². The van der Waals surface area contributed by atoms with Gasteiger partial charge in [-0.3, -0.25) is 24.0 Å². The van der Waals surface area contributed by atoms with Crippen LogP contribution in [0.3, 0.4) is 0 Å². The molecule has 0 aliphatic carbocycles. The van der Waals surface area contributed by atoms with Crippen LogP contribution in [-0.2, 0) is 24.0 Å². The smallest absolute Gasteiger partial charge is 0.308 e. The van der Waals surface area contributed by atoms with Crippen molar-refractivity contribution in [1.29, 1.82) is 0 Å². The molecule has 3 heterocycles. The Bertz CT molecular complexity index is 1440. The Labute approximate surface area is 263 Å². The second-order valence-electron chi connectivity index (χ2n) is 12.0. The Kier molecular flexibility index (Phi) is 10.0. The summed E-state index contributed by atoms with van der Waals surface area (Å²) in [6.07, 6.45) is 2.00. The summed E-state index contributed by atoms with van der Waals surface area (Å²) in [6, 6.07) is 12.0. The lowest BCUT2D eigenvalue weighted by atomic mass is 9.87. The standard InChI is InChI=1S/C34H42N4O7/c1-22(39)36-15-4-5-16-37-17-6-14-35-31(42)21-29(38(23(2)40)19-7-18-36)26-10-13-30-28(20-26)32(34(37)43)33(45-30)25-8-11-27(12-9-25)44-24(3)41/h8-13,20,29,32-33H,4-7,14-19,21H2,1-3H3,(H,35,42). The molecule has 45 heavy (non-hydrogen) atoms. The molecule has 0 radical (unpaired) electrons. The lowest BCUT2D eigenvalue weighted by Gasteiger charge is -2.33. The summed E-state index contributed by atoms with van der Waals surface area (Å²) in [6.45, 7) is 7.17. The molecule has 0 saturated heterocycles. The molecule has 240 valence electrons. The van der Waals surface area contributed by atoms with E-state index in [0.29, 0.717) is 70.0 Å². The molecule has 11 nitrogen and oxygen atoms in total. The predicted octanol–water partition coefficient (Wildman–Crippen LogP) is 3.49. The van der Waals surface area contributed by atoms with E-state index in [4.69, 9.17) is 9.47 Å². The highest BCUT2D eigenvalue weighted by Crippen LogP contribution is 2.48. The number of hydrogen-bond acceptors (Lipinski definition) is 7. The predicted molar refractivity (Wildman–Crippen MR) is 165 cm³/mol. The van der Waals surface area contributed by atoms with Gasteiger partial charge in [-0.05, 0) is 61.1 Å². The number of carbonyl (C=O) groups excluding carboxylic acids is 5. The Morgan fingerprint density at radius 1 is 0.822 bits per heavy atom. The molecule has 0 aromatic heterocycles. The molecule has 3 atom stereocenters. The first-order valence-electron chi connectivity index (χ1n) is 15.8. The number of hydrogen-bond donors (Lipinski definition) is 1. The highest BCUT2D eigenvalue weighted by molar-refractivity contribution is 5.87. The molecule has 3 aliphatic rings. The summed E-state index contributed by atoms with van der Waals surface area (Å²) in [5.74, 6) is -0.564. The van der Waals surface area contributed by atoms with E-state index >= 15 is 0 Å². The average Bonchev–Trinajstić information content (AvgIpc) is 3.38. The number of carbonyl (C=O) groups is 5. The molecule has 1 N–H and O–H groups in total. The van der Waals surface area contributed by atoms with Crippen LogP contribution in [0.2, 0.25) is 0 Å². The van der Waals surface area contributed by atoms with Gasteiger partial charge in [0.15, 0.2) is 0 Å². The summed E-state index contributed by atoms with van der Waals surface area (Å²) >= 11 is 0. The summed E-state index contributed by atoms with van der Waals surface area (Å²) in [5.41, 5.74) is 2.23. The van der Waals surface area contributed by atoms with Crippen molar-refractivity contribution in [3.63, 3.8) is 0 Å². The average molecular weight is 619 g/mol. The number of fused-ring (bicyclic) bond motifs is 1. The van der Waals surface area contributed by atoms with E-state index in [9.17, 15) is 24.0 Å². The molecule has 3 unspecified atom stereocenters. The van der Waals surface area contributed by atoms with Crippen molar-refractivity contribution < 1.29 is 33.4 Å². The third-order valence-corrected chi connectivity index (χ3v) is 8.82.